The second-order valence-corrected chi connectivity index (χ2v) is 10.5. The lowest BCUT2D eigenvalue weighted by atomic mass is 10.1. The first-order valence-electron chi connectivity index (χ1n) is 10.3. The topological polar surface area (TPSA) is 93.7 Å². The van der Waals surface area contributed by atoms with E-state index in [4.69, 9.17) is 0 Å². The van der Waals surface area contributed by atoms with Gasteiger partial charge in [0.15, 0.2) is 0 Å². The number of aromatic amines is 1. The van der Waals surface area contributed by atoms with Crippen LogP contribution < -0.4 is 20.2 Å². The number of H-pyrrole nitrogens is 1. The van der Waals surface area contributed by atoms with Gasteiger partial charge in [0.25, 0.3) is 0 Å². The number of nitrogens with zero attached hydrogens (tertiary/aromatic N) is 4. The Bertz CT molecular complexity index is 1150. The molecule has 31 heavy (non-hydrogen) atoms. The van der Waals surface area contributed by atoms with Crippen LogP contribution in [-0.2, 0) is 10.0 Å². The fourth-order valence-corrected chi connectivity index (χ4v) is 5.06. The van der Waals surface area contributed by atoms with Crippen molar-refractivity contribution in [3.05, 3.63) is 41.2 Å². The van der Waals surface area contributed by atoms with Crippen LogP contribution in [0.1, 0.15) is 34.1 Å². The SMILES string of the molecule is C=c1[nH]cc/c1=C(/N=C\C)N1CC[C@@H](N(C)c2ccc(S(=O)(=O)NC(C)(C)C)cn2)C1. The first kappa shape index (κ1) is 23.0. The lowest BCUT2D eigenvalue weighted by Crippen LogP contribution is -2.40. The summed E-state index contributed by atoms with van der Waals surface area (Å²) in [6.45, 7) is 13.1. The molecule has 0 bridgehead atoms. The fraction of sp³-hybridized carbons (Fsp3) is 0.455. The molecule has 8 nitrogen and oxygen atoms in total. The van der Waals surface area contributed by atoms with Gasteiger partial charge < -0.3 is 14.8 Å². The average molecular weight is 445 g/mol. The molecule has 1 aliphatic rings. The molecule has 1 fully saturated rings. The summed E-state index contributed by atoms with van der Waals surface area (Å²) in [5, 5.41) is 1.85. The van der Waals surface area contributed by atoms with Crippen molar-refractivity contribution in [2.75, 3.05) is 25.0 Å². The standard InChI is InChI=1S/C22H32N6O2S/c1-7-23-21(19-10-12-24-16(19)2)28-13-11-17(15-28)27(6)20-9-8-18(14-25-20)31(29,30)26-22(3,4)5/h7-10,12,14,17,24,26H,2,11,13,15H2,1,3-6H3/b21-19+,23-7-/t17-/m1/s1. The predicted octanol–water partition coefficient (Wildman–Crippen LogP) is 1.26. The number of anilines is 1. The number of aromatic nitrogens is 2. The maximum atomic E-state index is 12.5. The molecular weight excluding hydrogens is 412 g/mol. The van der Waals surface area contributed by atoms with E-state index in [1.165, 1.54) is 6.20 Å². The summed E-state index contributed by atoms with van der Waals surface area (Å²) in [5.74, 6) is 1.65. The van der Waals surface area contributed by atoms with Crippen LogP contribution >= 0.6 is 0 Å². The molecule has 1 aliphatic heterocycles. The summed E-state index contributed by atoms with van der Waals surface area (Å²) >= 11 is 0. The third kappa shape index (κ3) is 5.34. The molecule has 2 N–H and O–H groups in total. The van der Waals surface area contributed by atoms with Crippen LogP contribution in [-0.4, -0.2) is 61.2 Å². The van der Waals surface area contributed by atoms with Crippen molar-refractivity contribution in [1.82, 2.24) is 19.6 Å². The Morgan fingerprint density at radius 3 is 2.68 bits per heavy atom. The number of aliphatic imine (C=N–C) groups is 1. The summed E-state index contributed by atoms with van der Waals surface area (Å²) in [7, 11) is -1.61. The highest BCUT2D eigenvalue weighted by Crippen LogP contribution is 2.24. The molecule has 1 saturated heterocycles. The number of pyridine rings is 1. The largest absolute Gasteiger partial charge is 0.362 e. The molecular formula is C22H32N6O2S. The highest BCUT2D eigenvalue weighted by atomic mass is 32.2. The Kier molecular flexibility index (Phi) is 6.56. The van der Waals surface area contributed by atoms with Crippen molar-refractivity contribution in [2.24, 2.45) is 4.99 Å². The Morgan fingerprint density at radius 1 is 1.39 bits per heavy atom. The minimum atomic E-state index is -3.60. The van der Waals surface area contributed by atoms with E-state index in [-0.39, 0.29) is 10.9 Å². The average Bonchev–Trinajstić information content (AvgIpc) is 3.33. The van der Waals surface area contributed by atoms with Crippen LogP contribution in [0.4, 0.5) is 5.82 Å². The summed E-state index contributed by atoms with van der Waals surface area (Å²) in [5.41, 5.74) is -0.551. The van der Waals surface area contributed by atoms with Crippen molar-refractivity contribution >= 4 is 34.5 Å². The second kappa shape index (κ2) is 8.84. The number of rotatable bonds is 6. The van der Waals surface area contributed by atoms with Crippen LogP contribution in [0.15, 0.2) is 40.5 Å². The smallest absolute Gasteiger partial charge is 0.242 e. The molecule has 9 heteroatoms. The van der Waals surface area contributed by atoms with Crippen molar-refractivity contribution in [3.8, 4) is 0 Å². The molecule has 0 amide bonds. The summed E-state index contributed by atoms with van der Waals surface area (Å²) in [6, 6.07) is 5.59. The van der Waals surface area contributed by atoms with Crippen molar-refractivity contribution < 1.29 is 8.42 Å². The van der Waals surface area contributed by atoms with Crippen molar-refractivity contribution in [1.29, 1.82) is 0 Å². The van der Waals surface area contributed by atoms with E-state index in [0.29, 0.717) is 0 Å². The zero-order valence-corrected chi connectivity index (χ0v) is 19.7. The lowest BCUT2D eigenvalue weighted by Gasteiger charge is -2.26. The van der Waals surface area contributed by atoms with Crippen LogP contribution in [0.25, 0.3) is 12.4 Å². The molecule has 0 unspecified atom stereocenters. The van der Waals surface area contributed by atoms with Crippen LogP contribution in [0.2, 0.25) is 0 Å². The van der Waals surface area contributed by atoms with Crippen molar-refractivity contribution in [3.63, 3.8) is 0 Å². The van der Waals surface area contributed by atoms with E-state index < -0.39 is 15.6 Å². The fourth-order valence-electron chi connectivity index (χ4n) is 3.70. The lowest BCUT2D eigenvalue weighted by molar-refractivity contribution is 0.469. The van der Waals surface area contributed by atoms with Gasteiger partial charge in [-0.3, -0.25) is 0 Å². The Hall–Kier alpha value is -2.65. The van der Waals surface area contributed by atoms with Gasteiger partial charge in [-0.1, -0.05) is 6.58 Å². The third-order valence-electron chi connectivity index (χ3n) is 5.17. The maximum absolute atomic E-state index is 12.5. The number of hydrogen-bond donors (Lipinski definition) is 2. The molecule has 1 atom stereocenters. The molecule has 0 saturated carbocycles. The van der Waals surface area contributed by atoms with Gasteiger partial charge >= 0.3 is 0 Å². The second-order valence-electron chi connectivity index (χ2n) is 8.79. The number of likely N-dealkylation sites (tertiary alicyclic amines) is 1. The highest BCUT2D eigenvalue weighted by Gasteiger charge is 2.29. The van der Waals surface area contributed by atoms with E-state index in [1.807, 2.05) is 47.0 Å². The molecule has 0 spiro atoms. The zero-order chi connectivity index (χ0) is 22.8. The minimum Gasteiger partial charge on any atom is -0.362 e. The van der Waals surface area contributed by atoms with Gasteiger partial charge in [-0.05, 0) is 52.3 Å². The molecule has 168 valence electrons. The molecule has 3 rings (SSSR count). The van der Waals surface area contributed by atoms with Gasteiger partial charge in [-0.25, -0.2) is 23.1 Å². The minimum absolute atomic E-state index is 0.163. The molecule has 2 aromatic rings. The summed E-state index contributed by atoms with van der Waals surface area (Å²) < 4.78 is 27.7. The summed E-state index contributed by atoms with van der Waals surface area (Å²) in [6.07, 6.45) is 6.03. The van der Waals surface area contributed by atoms with Gasteiger partial charge in [0, 0.05) is 60.9 Å². The Balaban J connectivity index is 1.77. The normalized spacial score (nSPS) is 18.6. The number of likely N-dealkylation sites (N-methyl/N-ethyl adjacent to an activating group) is 1. The Morgan fingerprint density at radius 2 is 2.13 bits per heavy atom. The Labute approximate surface area is 184 Å². The van der Waals surface area contributed by atoms with Gasteiger partial charge in [0.2, 0.25) is 10.0 Å². The van der Waals surface area contributed by atoms with E-state index in [9.17, 15) is 8.42 Å². The number of hydrogen-bond acceptors (Lipinski definition) is 6. The van der Waals surface area contributed by atoms with Gasteiger partial charge in [0.1, 0.15) is 16.5 Å². The predicted molar refractivity (Wildman–Crippen MR) is 126 cm³/mol. The first-order chi connectivity index (χ1) is 14.5. The first-order valence-corrected chi connectivity index (χ1v) is 11.8. The van der Waals surface area contributed by atoms with E-state index in [2.05, 4.69) is 36.1 Å². The monoisotopic (exact) mass is 444 g/mol. The number of nitrogens with one attached hydrogen (secondary N) is 2. The van der Waals surface area contributed by atoms with Gasteiger partial charge in [0.05, 0.1) is 0 Å². The molecule has 2 aromatic heterocycles. The van der Waals surface area contributed by atoms with Gasteiger partial charge in [-0.2, -0.15) is 0 Å². The molecule has 3 heterocycles. The number of sulfonamides is 1. The molecule has 0 radical (unpaired) electrons. The van der Waals surface area contributed by atoms with Gasteiger partial charge in [-0.15, -0.1) is 0 Å². The zero-order valence-electron chi connectivity index (χ0n) is 18.9. The quantitative estimate of drug-likeness (QED) is 0.655. The van der Waals surface area contributed by atoms with E-state index >= 15 is 0 Å². The molecule has 0 aromatic carbocycles. The molecule has 0 aliphatic carbocycles. The van der Waals surface area contributed by atoms with E-state index in [1.54, 1.807) is 18.3 Å². The van der Waals surface area contributed by atoms with Crippen LogP contribution in [0.3, 0.4) is 0 Å². The van der Waals surface area contributed by atoms with E-state index in [0.717, 1.165) is 41.7 Å². The van der Waals surface area contributed by atoms with Crippen molar-refractivity contribution in [2.45, 2.75) is 50.6 Å². The summed E-state index contributed by atoms with van der Waals surface area (Å²) in [4.78, 5) is 16.7. The van der Waals surface area contributed by atoms with Crippen LogP contribution in [0, 0.1) is 0 Å². The highest BCUT2D eigenvalue weighted by molar-refractivity contribution is 7.89. The van der Waals surface area contributed by atoms with Crippen LogP contribution in [0.5, 0.6) is 0 Å². The third-order valence-corrected chi connectivity index (χ3v) is 6.91. The maximum Gasteiger partial charge on any atom is 0.242 e.